The number of aromatic nitrogens is 2. The molecule has 0 spiro atoms. The SMILES string of the molecule is Cc1nc(NCc2cccnc2OC(C)C)sc1C. The van der Waals surface area contributed by atoms with Gasteiger partial charge in [-0.3, -0.25) is 0 Å². The van der Waals surface area contributed by atoms with Gasteiger partial charge in [0.1, 0.15) is 0 Å². The summed E-state index contributed by atoms with van der Waals surface area (Å²) >= 11 is 1.67. The van der Waals surface area contributed by atoms with Gasteiger partial charge in [-0.25, -0.2) is 9.97 Å². The zero-order chi connectivity index (χ0) is 13.8. The molecule has 2 rings (SSSR count). The second kappa shape index (κ2) is 6.02. The van der Waals surface area contributed by atoms with Crippen molar-refractivity contribution >= 4 is 16.5 Å². The van der Waals surface area contributed by atoms with E-state index in [1.807, 2.05) is 32.9 Å². The Balaban J connectivity index is 2.06. The number of anilines is 1. The van der Waals surface area contributed by atoms with Crippen molar-refractivity contribution in [2.24, 2.45) is 0 Å². The molecule has 0 saturated carbocycles. The molecular weight excluding hydrogens is 258 g/mol. The van der Waals surface area contributed by atoms with E-state index in [4.69, 9.17) is 4.74 Å². The number of aryl methyl sites for hydroxylation is 2. The first-order valence-electron chi connectivity index (χ1n) is 6.34. The van der Waals surface area contributed by atoms with E-state index in [-0.39, 0.29) is 6.10 Å². The van der Waals surface area contributed by atoms with Gasteiger partial charge in [-0.05, 0) is 33.8 Å². The van der Waals surface area contributed by atoms with Gasteiger partial charge in [-0.15, -0.1) is 11.3 Å². The van der Waals surface area contributed by atoms with Crippen molar-refractivity contribution in [3.63, 3.8) is 0 Å². The van der Waals surface area contributed by atoms with E-state index in [0.29, 0.717) is 12.4 Å². The van der Waals surface area contributed by atoms with Crippen LogP contribution in [0, 0.1) is 13.8 Å². The average molecular weight is 277 g/mol. The van der Waals surface area contributed by atoms with E-state index in [1.165, 1.54) is 4.88 Å². The molecule has 0 atom stereocenters. The van der Waals surface area contributed by atoms with E-state index < -0.39 is 0 Å². The maximum Gasteiger partial charge on any atom is 0.218 e. The fraction of sp³-hybridized carbons (Fsp3) is 0.429. The van der Waals surface area contributed by atoms with Gasteiger partial charge in [0.2, 0.25) is 5.88 Å². The van der Waals surface area contributed by atoms with E-state index in [9.17, 15) is 0 Å². The van der Waals surface area contributed by atoms with Gasteiger partial charge in [0.15, 0.2) is 5.13 Å². The van der Waals surface area contributed by atoms with Crippen molar-refractivity contribution in [2.45, 2.75) is 40.3 Å². The highest BCUT2D eigenvalue weighted by atomic mass is 32.1. The van der Waals surface area contributed by atoms with Crippen molar-refractivity contribution in [1.82, 2.24) is 9.97 Å². The third kappa shape index (κ3) is 3.67. The maximum absolute atomic E-state index is 5.69. The number of pyridine rings is 1. The maximum atomic E-state index is 5.69. The molecule has 0 aliphatic carbocycles. The van der Waals surface area contributed by atoms with E-state index in [2.05, 4.69) is 22.2 Å². The summed E-state index contributed by atoms with van der Waals surface area (Å²) in [6.45, 7) is 8.77. The van der Waals surface area contributed by atoms with Gasteiger partial charge in [0.25, 0.3) is 0 Å². The van der Waals surface area contributed by atoms with Crippen LogP contribution in [0.1, 0.15) is 30.0 Å². The van der Waals surface area contributed by atoms with E-state index in [1.54, 1.807) is 17.5 Å². The molecule has 2 heterocycles. The van der Waals surface area contributed by atoms with Gasteiger partial charge in [-0.1, -0.05) is 6.07 Å². The lowest BCUT2D eigenvalue weighted by molar-refractivity contribution is 0.230. The van der Waals surface area contributed by atoms with Crippen LogP contribution in [0.5, 0.6) is 5.88 Å². The molecule has 2 aromatic heterocycles. The van der Waals surface area contributed by atoms with Crippen molar-refractivity contribution in [1.29, 1.82) is 0 Å². The van der Waals surface area contributed by atoms with E-state index >= 15 is 0 Å². The topological polar surface area (TPSA) is 47.0 Å². The zero-order valence-electron chi connectivity index (χ0n) is 11.7. The van der Waals surface area contributed by atoms with Crippen LogP contribution in [0.3, 0.4) is 0 Å². The third-order valence-corrected chi connectivity index (χ3v) is 3.69. The standard InChI is InChI=1S/C14H19N3OS/c1-9(2)18-13-12(6-5-7-15-13)8-16-14-17-10(3)11(4)19-14/h5-7,9H,8H2,1-4H3,(H,16,17). The Morgan fingerprint density at radius 1 is 1.37 bits per heavy atom. The van der Waals surface area contributed by atoms with Gasteiger partial charge < -0.3 is 10.1 Å². The molecule has 1 N–H and O–H groups in total. The Bertz CT molecular complexity index is 532. The Morgan fingerprint density at radius 2 is 2.16 bits per heavy atom. The Hall–Kier alpha value is -1.62. The second-order valence-electron chi connectivity index (χ2n) is 4.65. The summed E-state index contributed by atoms with van der Waals surface area (Å²) in [7, 11) is 0. The molecule has 2 aromatic rings. The minimum Gasteiger partial charge on any atom is -0.475 e. The van der Waals surface area contributed by atoms with Crippen molar-refractivity contribution in [3.8, 4) is 5.88 Å². The summed E-state index contributed by atoms with van der Waals surface area (Å²) in [6, 6.07) is 3.94. The smallest absolute Gasteiger partial charge is 0.218 e. The number of rotatable bonds is 5. The highest BCUT2D eigenvalue weighted by molar-refractivity contribution is 7.15. The highest BCUT2D eigenvalue weighted by Gasteiger charge is 2.08. The number of ether oxygens (including phenoxy) is 1. The summed E-state index contributed by atoms with van der Waals surface area (Å²) in [4.78, 5) is 9.98. The molecule has 102 valence electrons. The number of nitrogens with zero attached hydrogens (tertiary/aromatic N) is 2. The van der Waals surface area contributed by atoms with Crippen LogP contribution in [-0.4, -0.2) is 16.1 Å². The quantitative estimate of drug-likeness (QED) is 0.908. The van der Waals surface area contributed by atoms with Crippen molar-refractivity contribution in [3.05, 3.63) is 34.5 Å². The fourth-order valence-electron chi connectivity index (χ4n) is 1.61. The van der Waals surface area contributed by atoms with Crippen LogP contribution in [-0.2, 0) is 6.54 Å². The first kappa shape index (κ1) is 13.8. The molecule has 0 bridgehead atoms. The van der Waals surface area contributed by atoms with Gasteiger partial charge in [-0.2, -0.15) is 0 Å². The van der Waals surface area contributed by atoms with Gasteiger partial charge in [0, 0.05) is 23.2 Å². The monoisotopic (exact) mass is 277 g/mol. The van der Waals surface area contributed by atoms with Crippen LogP contribution in [0.2, 0.25) is 0 Å². The molecule has 0 fully saturated rings. The molecule has 0 aromatic carbocycles. The zero-order valence-corrected chi connectivity index (χ0v) is 12.5. The largest absolute Gasteiger partial charge is 0.475 e. The normalized spacial score (nSPS) is 10.8. The molecule has 0 amide bonds. The molecule has 0 unspecified atom stereocenters. The molecule has 19 heavy (non-hydrogen) atoms. The number of hydrogen-bond donors (Lipinski definition) is 1. The molecule has 0 radical (unpaired) electrons. The van der Waals surface area contributed by atoms with Gasteiger partial charge in [0.05, 0.1) is 11.8 Å². The molecule has 0 aliphatic rings. The summed E-state index contributed by atoms with van der Waals surface area (Å²) in [5.74, 6) is 0.690. The van der Waals surface area contributed by atoms with Crippen molar-refractivity contribution < 1.29 is 4.74 Å². The summed E-state index contributed by atoms with van der Waals surface area (Å²) < 4.78 is 5.69. The predicted octanol–water partition coefficient (Wildman–Crippen LogP) is 3.55. The summed E-state index contributed by atoms with van der Waals surface area (Å²) in [5.41, 5.74) is 2.12. The van der Waals surface area contributed by atoms with Crippen LogP contribution in [0.4, 0.5) is 5.13 Å². The fourth-order valence-corrected chi connectivity index (χ4v) is 2.42. The predicted molar refractivity (Wildman–Crippen MR) is 78.9 cm³/mol. The lowest BCUT2D eigenvalue weighted by Crippen LogP contribution is -2.10. The van der Waals surface area contributed by atoms with Crippen molar-refractivity contribution in [2.75, 3.05) is 5.32 Å². The molecule has 0 aliphatic heterocycles. The van der Waals surface area contributed by atoms with Crippen LogP contribution in [0.15, 0.2) is 18.3 Å². The lowest BCUT2D eigenvalue weighted by Gasteiger charge is -2.12. The summed E-state index contributed by atoms with van der Waals surface area (Å²) in [6.07, 6.45) is 1.87. The second-order valence-corrected chi connectivity index (χ2v) is 5.85. The Morgan fingerprint density at radius 3 is 2.79 bits per heavy atom. The van der Waals surface area contributed by atoms with Crippen LogP contribution in [0.25, 0.3) is 0 Å². The average Bonchev–Trinajstić information content (AvgIpc) is 2.67. The highest BCUT2D eigenvalue weighted by Crippen LogP contribution is 2.23. The Labute approximate surface area is 117 Å². The molecule has 0 saturated heterocycles. The summed E-state index contributed by atoms with van der Waals surface area (Å²) in [5, 5.41) is 4.26. The third-order valence-electron chi connectivity index (χ3n) is 2.66. The lowest BCUT2D eigenvalue weighted by atomic mass is 10.2. The minimum atomic E-state index is 0.123. The number of thiazole rings is 1. The number of hydrogen-bond acceptors (Lipinski definition) is 5. The van der Waals surface area contributed by atoms with E-state index in [0.717, 1.165) is 16.4 Å². The molecule has 4 nitrogen and oxygen atoms in total. The molecule has 5 heteroatoms. The van der Waals surface area contributed by atoms with Crippen LogP contribution < -0.4 is 10.1 Å². The molecular formula is C14H19N3OS. The Kier molecular flexibility index (Phi) is 4.37. The number of nitrogens with one attached hydrogen (secondary N) is 1. The first-order chi connectivity index (χ1) is 9.06. The first-order valence-corrected chi connectivity index (χ1v) is 7.16. The van der Waals surface area contributed by atoms with Crippen LogP contribution >= 0.6 is 11.3 Å². The van der Waals surface area contributed by atoms with Gasteiger partial charge >= 0.3 is 0 Å². The minimum absolute atomic E-state index is 0.123.